The molecular weight excluding hydrogens is 450 g/mol. The molecule has 2 aliphatic heterocycles. The van der Waals surface area contributed by atoms with Gasteiger partial charge in [-0.15, -0.1) is 17.0 Å². The molecule has 170 valence electrons. The molecule has 30 heavy (non-hydrogen) atoms. The van der Waals surface area contributed by atoms with Crippen LogP contribution in [0.4, 0.5) is 5.82 Å². The van der Waals surface area contributed by atoms with Gasteiger partial charge in [-0.3, -0.25) is 4.99 Å². The number of hydrogen-bond donors (Lipinski definition) is 1. The van der Waals surface area contributed by atoms with Crippen LogP contribution in [0.1, 0.15) is 20.3 Å². The fourth-order valence-corrected chi connectivity index (χ4v) is 3.38. The number of guanidine groups is 1. The van der Waals surface area contributed by atoms with Gasteiger partial charge in [-0.2, -0.15) is 0 Å². The number of pyridine rings is 1. The van der Waals surface area contributed by atoms with Crippen molar-refractivity contribution in [3.63, 3.8) is 0 Å². The van der Waals surface area contributed by atoms with Gasteiger partial charge in [0, 0.05) is 45.5 Å². The highest BCUT2D eigenvalue weighted by Gasteiger charge is 2.21. The van der Waals surface area contributed by atoms with Crippen LogP contribution in [0, 0.1) is 0 Å². The molecule has 0 aliphatic carbocycles. The molecule has 1 aromatic heterocycles. The molecule has 2 saturated heterocycles. The van der Waals surface area contributed by atoms with Crippen molar-refractivity contribution >= 4 is 28.8 Å². The predicted molar refractivity (Wildman–Crippen MR) is 125 cm³/mol. The van der Waals surface area contributed by atoms with E-state index in [1.165, 1.54) is 0 Å². The second-order valence-electron chi connectivity index (χ2n) is 7.59. The Kier molecular flexibility index (Phi) is 11.4. The van der Waals surface area contributed by atoms with Gasteiger partial charge >= 0.3 is 0 Å². The predicted octanol–water partition coefficient (Wildman–Crippen LogP) is 1.96. The van der Waals surface area contributed by atoms with E-state index in [1.807, 2.05) is 18.3 Å². The van der Waals surface area contributed by atoms with Gasteiger partial charge in [0.1, 0.15) is 11.9 Å². The van der Waals surface area contributed by atoms with Crippen LogP contribution in [0.5, 0.6) is 0 Å². The van der Waals surface area contributed by atoms with Crippen molar-refractivity contribution in [1.82, 2.24) is 15.2 Å². The molecule has 3 rings (SSSR count). The zero-order valence-corrected chi connectivity index (χ0v) is 19.9. The zero-order chi connectivity index (χ0) is 20.3. The van der Waals surface area contributed by atoms with Crippen LogP contribution < -0.4 is 10.2 Å². The number of aromatic nitrogens is 1. The fourth-order valence-electron chi connectivity index (χ4n) is 3.38. The summed E-state index contributed by atoms with van der Waals surface area (Å²) in [7, 11) is 0. The molecule has 0 aromatic carbocycles. The highest BCUT2D eigenvalue weighted by atomic mass is 79.9. The Morgan fingerprint density at radius 2 is 2.10 bits per heavy atom. The number of ether oxygens (including phenoxy) is 3. The summed E-state index contributed by atoms with van der Waals surface area (Å²) in [5.74, 6) is 1.99. The molecule has 2 fully saturated rings. The van der Waals surface area contributed by atoms with Crippen molar-refractivity contribution < 1.29 is 14.2 Å². The third-order valence-corrected chi connectivity index (χ3v) is 4.94. The third-order valence-electron chi connectivity index (χ3n) is 4.94. The molecule has 0 bridgehead atoms. The van der Waals surface area contributed by atoms with Crippen LogP contribution in [0.2, 0.25) is 0 Å². The summed E-state index contributed by atoms with van der Waals surface area (Å²) in [6, 6.07) is 6.06. The minimum Gasteiger partial charge on any atom is -0.379 e. The van der Waals surface area contributed by atoms with Gasteiger partial charge in [0.25, 0.3) is 0 Å². The van der Waals surface area contributed by atoms with Crippen molar-refractivity contribution in [2.45, 2.75) is 32.5 Å². The number of anilines is 1. The van der Waals surface area contributed by atoms with Crippen LogP contribution in [0.15, 0.2) is 29.4 Å². The first-order valence-corrected chi connectivity index (χ1v) is 10.7. The summed E-state index contributed by atoms with van der Waals surface area (Å²) in [6.07, 6.45) is 3.11. The van der Waals surface area contributed by atoms with E-state index in [9.17, 15) is 0 Å². The molecule has 0 amide bonds. The lowest BCUT2D eigenvalue weighted by Gasteiger charge is -2.37. The maximum atomic E-state index is 5.75. The fraction of sp³-hybridized carbons (Fsp3) is 0.714. The summed E-state index contributed by atoms with van der Waals surface area (Å²) in [5, 5.41) is 3.52. The summed E-state index contributed by atoms with van der Waals surface area (Å²) in [4.78, 5) is 14.0. The lowest BCUT2D eigenvalue weighted by Crippen LogP contribution is -2.53. The van der Waals surface area contributed by atoms with Gasteiger partial charge in [0.2, 0.25) is 0 Å². The largest absolute Gasteiger partial charge is 0.379 e. The Balaban J connectivity index is 0.00000320. The second-order valence-corrected chi connectivity index (χ2v) is 7.59. The normalized spacial score (nSPS) is 20.2. The second kappa shape index (κ2) is 13.8. The standard InChI is InChI=1S/C21H35N5O3.BrH/c1-18(2)28-13-5-8-23-21(24-16-19-17-27-14-15-29-19)26-11-9-25(10-12-26)20-6-3-4-7-22-20;/h3-4,6-7,18-19H,5,8-17H2,1-2H3,(H,23,24);1H. The first kappa shape index (κ1) is 24.8. The van der Waals surface area contributed by atoms with Gasteiger partial charge < -0.3 is 29.3 Å². The Morgan fingerprint density at radius 3 is 2.77 bits per heavy atom. The van der Waals surface area contributed by atoms with Gasteiger partial charge in [-0.05, 0) is 32.4 Å². The third kappa shape index (κ3) is 8.37. The maximum absolute atomic E-state index is 5.75. The summed E-state index contributed by atoms with van der Waals surface area (Å²) < 4.78 is 16.9. The Labute approximate surface area is 190 Å². The van der Waals surface area contributed by atoms with Crippen molar-refractivity contribution in [1.29, 1.82) is 0 Å². The topological polar surface area (TPSA) is 71.5 Å². The van der Waals surface area contributed by atoms with E-state index in [2.05, 4.69) is 40.0 Å². The van der Waals surface area contributed by atoms with Gasteiger partial charge in [-0.1, -0.05) is 6.07 Å². The average molecular weight is 486 g/mol. The minimum atomic E-state index is 0. The molecule has 1 N–H and O–H groups in total. The van der Waals surface area contributed by atoms with Gasteiger partial charge in [-0.25, -0.2) is 4.98 Å². The minimum absolute atomic E-state index is 0. The van der Waals surface area contributed by atoms with Gasteiger partial charge in [0.05, 0.1) is 32.5 Å². The van der Waals surface area contributed by atoms with Crippen LogP contribution in [-0.2, 0) is 14.2 Å². The molecule has 2 aliphatic rings. The number of nitrogens with zero attached hydrogens (tertiary/aromatic N) is 4. The molecule has 0 saturated carbocycles. The van der Waals surface area contributed by atoms with Crippen molar-refractivity contribution in [3.05, 3.63) is 24.4 Å². The van der Waals surface area contributed by atoms with Crippen LogP contribution >= 0.6 is 17.0 Å². The highest BCUT2D eigenvalue weighted by molar-refractivity contribution is 8.93. The molecule has 0 spiro atoms. The number of piperazine rings is 1. The van der Waals surface area contributed by atoms with Gasteiger partial charge in [0.15, 0.2) is 5.96 Å². The number of nitrogens with one attached hydrogen (secondary N) is 1. The molecule has 0 radical (unpaired) electrons. The Hall–Kier alpha value is -1.42. The number of rotatable bonds is 8. The van der Waals surface area contributed by atoms with E-state index in [0.717, 1.165) is 57.5 Å². The van der Waals surface area contributed by atoms with Crippen molar-refractivity contribution in [2.24, 2.45) is 4.99 Å². The summed E-state index contributed by atoms with van der Waals surface area (Å²) in [6.45, 7) is 12.0. The molecule has 1 unspecified atom stereocenters. The Morgan fingerprint density at radius 1 is 1.27 bits per heavy atom. The highest BCUT2D eigenvalue weighted by Crippen LogP contribution is 2.13. The van der Waals surface area contributed by atoms with E-state index in [0.29, 0.717) is 26.4 Å². The quantitative estimate of drug-likeness (QED) is 0.342. The molecule has 1 aromatic rings. The lowest BCUT2D eigenvalue weighted by atomic mass is 10.3. The van der Waals surface area contributed by atoms with E-state index in [1.54, 1.807) is 0 Å². The van der Waals surface area contributed by atoms with Crippen LogP contribution in [0.3, 0.4) is 0 Å². The summed E-state index contributed by atoms with van der Waals surface area (Å²) >= 11 is 0. The molecule has 8 nitrogen and oxygen atoms in total. The van der Waals surface area contributed by atoms with Crippen molar-refractivity contribution in [3.8, 4) is 0 Å². The SMILES string of the molecule is Br.CC(C)OCCCNC(=NCC1COCCO1)N1CCN(c2ccccn2)CC1. The van der Waals surface area contributed by atoms with E-state index in [-0.39, 0.29) is 29.2 Å². The number of aliphatic imine (C=N–C) groups is 1. The average Bonchev–Trinajstić information content (AvgIpc) is 2.77. The lowest BCUT2D eigenvalue weighted by molar-refractivity contribution is -0.0833. The molecule has 9 heteroatoms. The van der Waals surface area contributed by atoms with Crippen LogP contribution in [-0.4, -0.2) is 93.7 Å². The monoisotopic (exact) mass is 485 g/mol. The maximum Gasteiger partial charge on any atom is 0.194 e. The van der Waals surface area contributed by atoms with E-state index in [4.69, 9.17) is 19.2 Å². The Bertz CT molecular complexity index is 606. The van der Waals surface area contributed by atoms with Crippen LogP contribution in [0.25, 0.3) is 0 Å². The first-order chi connectivity index (χ1) is 14.2. The summed E-state index contributed by atoms with van der Waals surface area (Å²) in [5.41, 5.74) is 0. The van der Waals surface area contributed by atoms with E-state index >= 15 is 0 Å². The first-order valence-electron chi connectivity index (χ1n) is 10.7. The zero-order valence-electron chi connectivity index (χ0n) is 18.2. The van der Waals surface area contributed by atoms with Crippen molar-refractivity contribution in [2.75, 3.05) is 70.6 Å². The van der Waals surface area contributed by atoms with E-state index < -0.39 is 0 Å². The molecule has 1 atom stereocenters. The molecule has 3 heterocycles. The number of hydrogen-bond acceptors (Lipinski definition) is 6. The number of halogens is 1. The molecular formula is C21H36BrN5O3. The smallest absolute Gasteiger partial charge is 0.194 e.